The molecule has 162 valence electrons. The molecule has 2 bridgehead atoms. The van der Waals surface area contributed by atoms with Crippen LogP contribution in [0.4, 0.5) is 0 Å². The standard InChI is InChI=1S/C22H25N5O3S/c1-31(29,27-13-18-15-30-19(14-27)11-24-18)20-5-2-16(3-6-20)10-25-22(28)17-4-7-21-23-8-9-26(21)12-17/h2-9,12,18-19,24H,1,10-11,13-15H2,(H,25,28). The summed E-state index contributed by atoms with van der Waals surface area (Å²) < 4.78 is 23.1. The molecule has 5 heterocycles. The van der Waals surface area contributed by atoms with Gasteiger partial charge in [-0.1, -0.05) is 12.1 Å². The molecular weight excluding hydrogens is 414 g/mol. The molecule has 3 unspecified atom stereocenters. The normalized spacial score (nSPS) is 23.4. The third-order valence-corrected chi connectivity index (χ3v) is 7.95. The van der Waals surface area contributed by atoms with Crippen LogP contribution in [0.3, 0.4) is 0 Å². The highest BCUT2D eigenvalue weighted by atomic mass is 32.2. The van der Waals surface area contributed by atoms with Gasteiger partial charge in [-0.15, -0.1) is 0 Å². The molecule has 3 fully saturated rings. The molecule has 3 aliphatic rings. The van der Waals surface area contributed by atoms with Gasteiger partial charge >= 0.3 is 0 Å². The lowest BCUT2D eigenvalue weighted by Gasteiger charge is -2.25. The van der Waals surface area contributed by atoms with E-state index in [1.54, 1.807) is 24.7 Å². The molecule has 3 aliphatic heterocycles. The molecule has 1 amide bonds. The molecule has 31 heavy (non-hydrogen) atoms. The Morgan fingerprint density at radius 2 is 2.10 bits per heavy atom. The Bertz CT molecular complexity index is 1180. The Morgan fingerprint density at radius 1 is 1.26 bits per heavy atom. The molecular formula is C22H25N5O3S. The fourth-order valence-corrected chi connectivity index (χ4v) is 5.69. The van der Waals surface area contributed by atoms with E-state index < -0.39 is 9.71 Å². The Kier molecular flexibility index (Phi) is 5.27. The van der Waals surface area contributed by atoms with Gasteiger partial charge in [-0.3, -0.25) is 4.79 Å². The average Bonchev–Trinajstić information content (AvgIpc) is 3.04. The number of hydrogen-bond acceptors (Lipinski definition) is 5. The Morgan fingerprint density at radius 3 is 2.87 bits per heavy atom. The molecule has 9 heteroatoms. The summed E-state index contributed by atoms with van der Waals surface area (Å²) in [4.78, 5) is 17.4. The van der Waals surface area contributed by atoms with Crippen LogP contribution in [-0.4, -0.2) is 68.1 Å². The van der Waals surface area contributed by atoms with Crippen LogP contribution in [0.1, 0.15) is 15.9 Å². The number of aromatic nitrogens is 2. The predicted octanol–water partition coefficient (Wildman–Crippen LogP) is 0.927. The number of nitrogens with zero attached hydrogens (tertiary/aromatic N) is 3. The largest absolute Gasteiger partial charge is 0.374 e. The van der Waals surface area contributed by atoms with Crippen molar-refractivity contribution >= 4 is 27.1 Å². The lowest BCUT2D eigenvalue weighted by atomic mass is 10.2. The second-order valence-corrected chi connectivity index (χ2v) is 10.3. The highest BCUT2D eigenvalue weighted by molar-refractivity contribution is 7.98. The van der Waals surface area contributed by atoms with Crippen molar-refractivity contribution in [2.45, 2.75) is 23.6 Å². The van der Waals surface area contributed by atoms with E-state index >= 15 is 0 Å². The van der Waals surface area contributed by atoms with E-state index in [4.69, 9.17) is 4.74 Å². The van der Waals surface area contributed by atoms with Gasteiger partial charge < -0.3 is 19.8 Å². The van der Waals surface area contributed by atoms with Crippen LogP contribution >= 0.6 is 0 Å². The molecule has 3 atom stereocenters. The van der Waals surface area contributed by atoms with Gasteiger partial charge in [0, 0.05) is 55.7 Å². The first kappa shape index (κ1) is 20.2. The summed E-state index contributed by atoms with van der Waals surface area (Å²) in [7, 11) is -2.60. The fraction of sp³-hybridized carbons (Fsp3) is 0.318. The Labute approximate surface area is 181 Å². The summed E-state index contributed by atoms with van der Waals surface area (Å²) in [6.07, 6.45) is 5.29. The first-order valence-corrected chi connectivity index (χ1v) is 11.9. The number of hydrogen-bond donors (Lipinski definition) is 2. The number of carbonyl (C=O) groups is 1. The minimum Gasteiger partial charge on any atom is -0.374 e. The molecule has 0 radical (unpaired) electrons. The van der Waals surface area contributed by atoms with Gasteiger partial charge in [0.05, 0.1) is 28.0 Å². The fourth-order valence-electron chi connectivity index (χ4n) is 4.00. The van der Waals surface area contributed by atoms with E-state index in [9.17, 15) is 9.00 Å². The van der Waals surface area contributed by atoms with Gasteiger partial charge in [-0.05, 0) is 35.7 Å². The second-order valence-electron chi connectivity index (χ2n) is 7.99. The zero-order valence-corrected chi connectivity index (χ0v) is 17.9. The van der Waals surface area contributed by atoms with Crippen LogP contribution in [0, 0.1) is 0 Å². The van der Waals surface area contributed by atoms with Crippen molar-refractivity contribution in [3.8, 4) is 0 Å². The van der Waals surface area contributed by atoms with Crippen LogP contribution in [0.25, 0.3) is 5.65 Å². The molecule has 0 spiro atoms. The lowest BCUT2D eigenvalue weighted by molar-refractivity contribution is 0.0235. The number of pyridine rings is 1. The van der Waals surface area contributed by atoms with Crippen molar-refractivity contribution in [2.24, 2.45) is 0 Å². The van der Waals surface area contributed by atoms with Crippen molar-refractivity contribution in [3.05, 3.63) is 66.1 Å². The Hall–Kier alpha value is -2.72. The van der Waals surface area contributed by atoms with Gasteiger partial charge in [-0.25, -0.2) is 13.5 Å². The summed E-state index contributed by atoms with van der Waals surface area (Å²) >= 11 is 0. The summed E-state index contributed by atoms with van der Waals surface area (Å²) in [5.74, 6) is 3.90. The molecule has 3 aromatic rings. The van der Waals surface area contributed by atoms with Crippen molar-refractivity contribution < 1.29 is 13.7 Å². The van der Waals surface area contributed by atoms with Crippen LogP contribution in [0.2, 0.25) is 0 Å². The van der Waals surface area contributed by atoms with Crippen molar-refractivity contribution in [2.75, 3.05) is 26.2 Å². The molecule has 8 nitrogen and oxygen atoms in total. The smallest absolute Gasteiger partial charge is 0.253 e. The number of carbonyl (C=O) groups excluding carboxylic acids is 1. The third-order valence-electron chi connectivity index (χ3n) is 5.81. The predicted molar refractivity (Wildman–Crippen MR) is 119 cm³/mol. The summed E-state index contributed by atoms with van der Waals surface area (Å²) in [6.45, 7) is 3.06. The lowest BCUT2D eigenvalue weighted by Crippen LogP contribution is -2.45. The summed E-state index contributed by atoms with van der Waals surface area (Å²) in [5, 5.41) is 6.35. The maximum atomic E-state index is 13.5. The number of morpholine rings is 1. The van der Waals surface area contributed by atoms with E-state index in [-0.39, 0.29) is 18.1 Å². The first-order valence-electron chi connectivity index (χ1n) is 10.3. The second kappa shape index (κ2) is 8.08. The first-order chi connectivity index (χ1) is 15.0. The number of rotatable bonds is 5. The highest BCUT2D eigenvalue weighted by Gasteiger charge is 2.33. The van der Waals surface area contributed by atoms with Gasteiger partial charge in [0.1, 0.15) is 5.65 Å². The van der Waals surface area contributed by atoms with Gasteiger partial charge in [0.15, 0.2) is 0 Å². The van der Waals surface area contributed by atoms with Gasteiger partial charge in [0.25, 0.3) is 5.91 Å². The van der Waals surface area contributed by atoms with E-state index in [2.05, 4.69) is 21.5 Å². The van der Waals surface area contributed by atoms with Gasteiger partial charge in [-0.2, -0.15) is 0 Å². The third kappa shape index (κ3) is 4.09. The average molecular weight is 440 g/mol. The number of amides is 1. The minimum atomic E-state index is -2.60. The van der Waals surface area contributed by atoms with E-state index in [0.717, 1.165) is 17.8 Å². The topological polar surface area (TPSA) is 88.0 Å². The number of benzene rings is 1. The number of imidazole rings is 1. The number of fused-ring (bicyclic) bond motifs is 5. The number of ether oxygens (including phenoxy) is 1. The Balaban J connectivity index is 1.24. The van der Waals surface area contributed by atoms with Gasteiger partial charge in [0.2, 0.25) is 0 Å². The van der Waals surface area contributed by atoms with E-state index in [1.807, 2.05) is 39.0 Å². The molecule has 2 aromatic heterocycles. The molecule has 2 N–H and O–H groups in total. The zero-order valence-electron chi connectivity index (χ0n) is 17.1. The van der Waals surface area contributed by atoms with Crippen LogP contribution in [-0.2, 0) is 21.0 Å². The maximum absolute atomic E-state index is 13.5. The van der Waals surface area contributed by atoms with Crippen molar-refractivity contribution in [1.82, 2.24) is 24.3 Å². The molecule has 6 rings (SSSR count). The zero-order chi connectivity index (χ0) is 21.4. The SMILES string of the molecule is C=S(=O)(c1ccc(CNC(=O)c2ccc3nccn3c2)cc1)N1CC2COC(CN2)C1. The maximum Gasteiger partial charge on any atom is 0.253 e. The van der Waals surface area contributed by atoms with Crippen molar-refractivity contribution in [1.29, 1.82) is 0 Å². The molecule has 0 saturated carbocycles. The molecule has 3 saturated heterocycles. The van der Waals surface area contributed by atoms with Crippen LogP contribution < -0.4 is 10.6 Å². The monoisotopic (exact) mass is 439 g/mol. The quantitative estimate of drug-likeness (QED) is 0.578. The summed E-state index contributed by atoms with van der Waals surface area (Å²) in [5.41, 5.74) is 2.29. The molecule has 0 aliphatic carbocycles. The summed E-state index contributed by atoms with van der Waals surface area (Å²) in [6, 6.07) is 11.2. The van der Waals surface area contributed by atoms with Crippen LogP contribution in [0.5, 0.6) is 0 Å². The highest BCUT2D eigenvalue weighted by Crippen LogP contribution is 2.21. The van der Waals surface area contributed by atoms with Crippen molar-refractivity contribution in [3.63, 3.8) is 0 Å². The van der Waals surface area contributed by atoms with E-state index in [0.29, 0.717) is 36.7 Å². The minimum absolute atomic E-state index is 0.0392. The number of nitrogens with one attached hydrogen (secondary N) is 2. The van der Waals surface area contributed by atoms with Crippen LogP contribution in [0.15, 0.2) is 59.9 Å². The van der Waals surface area contributed by atoms with E-state index in [1.165, 1.54) is 0 Å². The molecule has 1 aromatic carbocycles.